The molecule has 0 saturated carbocycles. The molecule has 46 valence electrons. The molecule has 0 nitrogen and oxygen atoms in total. The third-order valence-corrected chi connectivity index (χ3v) is 1.66. The molecule has 0 atom stereocenters. The molecular formula is C7H11F. The van der Waals surface area contributed by atoms with Crippen LogP contribution in [0.1, 0.15) is 32.6 Å². The van der Waals surface area contributed by atoms with Crippen molar-refractivity contribution in [2.75, 3.05) is 0 Å². The first-order valence-corrected chi connectivity index (χ1v) is 3.15. The van der Waals surface area contributed by atoms with Gasteiger partial charge in [0, 0.05) is 0 Å². The Morgan fingerprint density at radius 3 is 2.25 bits per heavy atom. The molecule has 1 rings (SSSR count). The Kier molecular flexibility index (Phi) is 1.66. The maximum Gasteiger partial charge on any atom is 0.0988 e. The highest BCUT2D eigenvalue weighted by Gasteiger charge is 2.06. The van der Waals surface area contributed by atoms with Crippen molar-refractivity contribution in [3.8, 4) is 0 Å². The third kappa shape index (κ3) is 1.09. The minimum atomic E-state index is 0.135. The lowest BCUT2D eigenvalue weighted by Crippen LogP contribution is -1.91. The highest BCUT2D eigenvalue weighted by atomic mass is 19.1. The maximum absolute atomic E-state index is 12.5. The van der Waals surface area contributed by atoms with E-state index in [0.29, 0.717) is 6.42 Å². The fraction of sp³-hybridized carbons (Fsp3) is 0.714. The maximum atomic E-state index is 12.5. The summed E-state index contributed by atoms with van der Waals surface area (Å²) in [5.74, 6) is 0.135. The van der Waals surface area contributed by atoms with Crippen LogP contribution >= 0.6 is 0 Å². The molecule has 0 aromatic carbocycles. The zero-order valence-electron chi connectivity index (χ0n) is 5.21. The second-order valence-electron chi connectivity index (χ2n) is 2.39. The SMILES string of the molecule is CC1=C(F)CCCC1. The molecule has 1 heteroatoms. The smallest absolute Gasteiger partial charge is 0.0988 e. The highest BCUT2D eigenvalue weighted by molar-refractivity contribution is 5.07. The molecule has 1 aliphatic rings. The summed E-state index contributed by atoms with van der Waals surface area (Å²) < 4.78 is 12.5. The van der Waals surface area contributed by atoms with Gasteiger partial charge in [-0.05, 0) is 38.2 Å². The Morgan fingerprint density at radius 2 is 1.88 bits per heavy atom. The summed E-state index contributed by atoms with van der Waals surface area (Å²) in [5.41, 5.74) is 0.969. The van der Waals surface area contributed by atoms with E-state index in [4.69, 9.17) is 0 Å². The van der Waals surface area contributed by atoms with Crippen molar-refractivity contribution in [1.29, 1.82) is 0 Å². The largest absolute Gasteiger partial charge is 0.212 e. The van der Waals surface area contributed by atoms with Crippen molar-refractivity contribution in [2.45, 2.75) is 32.6 Å². The van der Waals surface area contributed by atoms with Crippen molar-refractivity contribution in [1.82, 2.24) is 0 Å². The lowest BCUT2D eigenvalue weighted by molar-refractivity contribution is 0.515. The standard InChI is InChI=1S/C7H11F/c1-6-4-2-3-5-7(6)8/h2-5H2,1H3. The van der Waals surface area contributed by atoms with Gasteiger partial charge in [0.05, 0.1) is 5.83 Å². The molecule has 1 aliphatic carbocycles. The Labute approximate surface area is 49.4 Å². The summed E-state index contributed by atoms with van der Waals surface area (Å²) in [4.78, 5) is 0. The minimum absolute atomic E-state index is 0.135. The van der Waals surface area contributed by atoms with E-state index in [1.165, 1.54) is 6.42 Å². The Bertz CT molecular complexity index is 99.6. The fourth-order valence-electron chi connectivity index (χ4n) is 1.02. The number of halogens is 1. The molecule has 0 heterocycles. The van der Waals surface area contributed by atoms with Gasteiger partial charge < -0.3 is 0 Å². The Hall–Kier alpha value is -0.330. The van der Waals surface area contributed by atoms with Gasteiger partial charge >= 0.3 is 0 Å². The lowest BCUT2D eigenvalue weighted by atomic mass is 10.0. The Morgan fingerprint density at radius 1 is 1.25 bits per heavy atom. The summed E-state index contributed by atoms with van der Waals surface area (Å²) >= 11 is 0. The van der Waals surface area contributed by atoms with Crippen LogP contribution in [0.4, 0.5) is 4.39 Å². The van der Waals surface area contributed by atoms with Crippen molar-refractivity contribution in [3.63, 3.8) is 0 Å². The molecule has 0 aliphatic heterocycles. The first-order valence-electron chi connectivity index (χ1n) is 3.15. The highest BCUT2D eigenvalue weighted by Crippen LogP contribution is 2.24. The van der Waals surface area contributed by atoms with Gasteiger partial charge in [-0.3, -0.25) is 0 Å². The number of hydrogen-bond acceptors (Lipinski definition) is 0. The van der Waals surface area contributed by atoms with Crippen LogP contribution in [-0.2, 0) is 0 Å². The third-order valence-electron chi connectivity index (χ3n) is 1.66. The van der Waals surface area contributed by atoms with Crippen LogP contribution in [0.25, 0.3) is 0 Å². The normalized spacial score (nSPS) is 21.8. The fourth-order valence-corrected chi connectivity index (χ4v) is 1.02. The van der Waals surface area contributed by atoms with Crippen LogP contribution in [0.15, 0.2) is 11.4 Å². The molecule has 0 N–H and O–H groups in total. The van der Waals surface area contributed by atoms with Crippen molar-refractivity contribution >= 4 is 0 Å². The molecule has 0 radical (unpaired) electrons. The predicted molar refractivity (Wildman–Crippen MR) is 32.3 cm³/mol. The van der Waals surface area contributed by atoms with Gasteiger partial charge in [-0.15, -0.1) is 0 Å². The van der Waals surface area contributed by atoms with Crippen LogP contribution in [0.2, 0.25) is 0 Å². The number of rotatable bonds is 0. The zero-order chi connectivity index (χ0) is 5.98. The van der Waals surface area contributed by atoms with Crippen LogP contribution in [0.5, 0.6) is 0 Å². The summed E-state index contributed by atoms with van der Waals surface area (Å²) in [6, 6.07) is 0. The predicted octanol–water partition coefficient (Wildman–Crippen LogP) is 2.80. The topological polar surface area (TPSA) is 0 Å². The second kappa shape index (κ2) is 2.29. The molecule has 0 unspecified atom stereocenters. The zero-order valence-corrected chi connectivity index (χ0v) is 5.21. The summed E-state index contributed by atoms with van der Waals surface area (Å²) in [6.45, 7) is 1.88. The van der Waals surface area contributed by atoms with Gasteiger partial charge in [0.2, 0.25) is 0 Å². The molecule has 0 saturated heterocycles. The lowest BCUT2D eigenvalue weighted by Gasteiger charge is -2.09. The van der Waals surface area contributed by atoms with Gasteiger partial charge in [-0.25, -0.2) is 4.39 Å². The molecule has 0 spiro atoms. The van der Waals surface area contributed by atoms with E-state index >= 15 is 0 Å². The molecule has 0 aromatic rings. The van der Waals surface area contributed by atoms with E-state index in [9.17, 15) is 4.39 Å². The molecule has 0 fully saturated rings. The monoisotopic (exact) mass is 114 g/mol. The first kappa shape index (κ1) is 5.80. The van der Waals surface area contributed by atoms with E-state index in [1.807, 2.05) is 6.92 Å². The van der Waals surface area contributed by atoms with Crippen LogP contribution in [-0.4, -0.2) is 0 Å². The van der Waals surface area contributed by atoms with Crippen LogP contribution in [0, 0.1) is 0 Å². The Balaban J connectivity index is 2.60. The summed E-state index contributed by atoms with van der Waals surface area (Å²) in [7, 11) is 0. The second-order valence-corrected chi connectivity index (χ2v) is 2.39. The van der Waals surface area contributed by atoms with Gasteiger partial charge in [0.25, 0.3) is 0 Å². The number of hydrogen-bond donors (Lipinski definition) is 0. The van der Waals surface area contributed by atoms with Crippen LogP contribution in [0.3, 0.4) is 0 Å². The van der Waals surface area contributed by atoms with E-state index in [2.05, 4.69) is 0 Å². The molecule has 0 bridgehead atoms. The average molecular weight is 114 g/mol. The van der Waals surface area contributed by atoms with E-state index in [1.54, 1.807) is 0 Å². The van der Waals surface area contributed by atoms with Crippen molar-refractivity contribution in [2.24, 2.45) is 0 Å². The van der Waals surface area contributed by atoms with Gasteiger partial charge in [-0.2, -0.15) is 0 Å². The molecule has 0 aromatic heterocycles. The van der Waals surface area contributed by atoms with Crippen molar-refractivity contribution < 1.29 is 4.39 Å². The summed E-state index contributed by atoms with van der Waals surface area (Å²) in [6.07, 6.45) is 3.89. The number of allylic oxidation sites excluding steroid dienone is 2. The molecule has 8 heavy (non-hydrogen) atoms. The van der Waals surface area contributed by atoms with Gasteiger partial charge in [-0.1, -0.05) is 0 Å². The minimum Gasteiger partial charge on any atom is -0.212 e. The average Bonchev–Trinajstić information content (AvgIpc) is 1.77. The van der Waals surface area contributed by atoms with Gasteiger partial charge in [0.15, 0.2) is 0 Å². The van der Waals surface area contributed by atoms with Crippen molar-refractivity contribution in [3.05, 3.63) is 11.4 Å². The van der Waals surface area contributed by atoms with E-state index < -0.39 is 0 Å². The first-order chi connectivity index (χ1) is 3.80. The quantitative estimate of drug-likeness (QED) is 0.454. The molecular weight excluding hydrogens is 103 g/mol. The van der Waals surface area contributed by atoms with Gasteiger partial charge in [0.1, 0.15) is 0 Å². The molecule has 0 amide bonds. The van der Waals surface area contributed by atoms with Crippen LogP contribution < -0.4 is 0 Å². The van der Waals surface area contributed by atoms with E-state index in [-0.39, 0.29) is 5.83 Å². The summed E-state index contributed by atoms with van der Waals surface area (Å²) in [5, 5.41) is 0. The van der Waals surface area contributed by atoms with E-state index in [0.717, 1.165) is 18.4 Å².